The lowest BCUT2D eigenvalue weighted by Crippen LogP contribution is -2.42. The van der Waals surface area contributed by atoms with Gasteiger partial charge in [0.2, 0.25) is 5.91 Å². The van der Waals surface area contributed by atoms with Crippen molar-refractivity contribution in [2.75, 3.05) is 12.4 Å². The number of methoxy groups -OCH3 is 1. The lowest BCUT2D eigenvalue weighted by Gasteiger charge is -2.39. The average Bonchev–Trinajstić information content (AvgIpc) is 2.36. The van der Waals surface area contributed by atoms with E-state index in [9.17, 15) is 4.79 Å². The van der Waals surface area contributed by atoms with Gasteiger partial charge < -0.3 is 10.1 Å². The molecule has 1 aromatic rings. The first kappa shape index (κ1) is 14.0. The maximum atomic E-state index is 12.0. The molecule has 0 aliphatic heterocycles. The van der Waals surface area contributed by atoms with Crippen LogP contribution in [0.5, 0.6) is 0 Å². The predicted octanol–water partition coefficient (Wildman–Crippen LogP) is 3.22. The fourth-order valence-corrected chi connectivity index (χ4v) is 2.68. The molecule has 1 fully saturated rings. The Bertz CT molecular complexity index is 527. The minimum atomic E-state index is -0.275. The van der Waals surface area contributed by atoms with E-state index in [4.69, 9.17) is 10.00 Å². The van der Waals surface area contributed by atoms with Crippen LogP contribution in [-0.4, -0.2) is 18.6 Å². The number of ether oxygens (including phenoxy) is 1. The van der Waals surface area contributed by atoms with E-state index in [0.717, 1.165) is 19.3 Å². The van der Waals surface area contributed by atoms with Gasteiger partial charge in [0.05, 0.1) is 29.3 Å². The van der Waals surface area contributed by atoms with Crippen LogP contribution in [0.2, 0.25) is 0 Å². The number of nitrogens with one attached hydrogen (secondary N) is 1. The van der Waals surface area contributed by atoms with Crippen molar-refractivity contribution in [1.29, 1.82) is 5.26 Å². The zero-order valence-corrected chi connectivity index (χ0v) is 12.3. The molecule has 1 saturated carbocycles. The zero-order chi connectivity index (χ0) is 13.9. The Morgan fingerprint density at radius 3 is 2.79 bits per heavy atom. The Morgan fingerprint density at radius 2 is 2.32 bits per heavy atom. The molecular weight excluding hydrogens is 308 g/mol. The highest BCUT2D eigenvalue weighted by molar-refractivity contribution is 9.10. The average molecular weight is 323 g/mol. The van der Waals surface area contributed by atoms with Gasteiger partial charge in [0.25, 0.3) is 0 Å². The maximum absolute atomic E-state index is 12.0. The molecule has 1 aliphatic rings. The molecule has 0 unspecified atom stereocenters. The van der Waals surface area contributed by atoms with Crippen LogP contribution in [0.4, 0.5) is 5.69 Å². The van der Waals surface area contributed by atoms with Gasteiger partial charge in [0, 0.05) is 11.6 Å². The van der Waals surface area contributed by atoms with Crippen molar-refractivity contribution >= 4 is 27.5 Å². The summed E-state index contributed by atoms with van der Waals surface area (Å²) in [6.07, 6.45) is 3.36. The third kappa shape index (κ3) is 3.14. The van der Waals surface area contributed by atoms with Gasteiger partial charge in [-0.3, -0.25) is 4.79 Å². The molecule has 4 nitrogen and oxygen atoms in total. The Morgan fingerprint density at radius 1 is 1.58 bits per heavy atom. The van der Waals surface area contributed by atoms with Crippen molar-refractivity contribution in [3.8, 4) is 6.07 Å². The number of nitrogens with zero attached hydrogens (tertiary/aromatic N) is 1. The minimum absolute atomic E-state index is 0.0630. The van der Waals surface area contributed by atoms with Crippen molar-refractivity contribution in [2.45, 2.75) is 31.3 Å². The van der Waals surface area contributed by atoms with Gasteiger partial charge in [-0.05, 0) is 53.4 Å². The summed E-state index contributed by atoms with van der Waals surface area (Å²) in [6.45, 7) is 0. The molecule has 0 atom stereocenters. The zero-order valence-electron chi connectivity index (χ0n) is 10.7. The first-order valence-electron chi connectivity index (χ1n) is 6.13. The van der Waals surface area contributed by atoms with Crippen LogP contribution in [0.25, 0.3) is 0 Å². The number of amides is 1. The number of carbonyl (C=O) groups excluding carboxylic acids is 1. The number of hydrogen-bond donors (Lipinski definition) is 1. The SMILES string of the molecule is COC1(CC(=O)Nc2ccc(C#N)cc2Br)CCC1. The van der Waals surface area contributed by atoms with E-state index < -0.39 is 0 Å². The second-order valence-corrected chi connectivity index (χ2v) is 5.63. The molecule has 100 valence electrons. The predicted molar refractivity (Wildman–Crippen MR) is 75.7 cm³/mol. The first-order valence-corrected chi connectivity index (χ1v) is 6.92. The summed E-state index contributed by atoms with van der Waals surface area (Å²) in [5, 5.41) is 11.6. The molecule has 0 saturated heterocycles. The van der Waals surface area contributed by atoms with Gasteiger partial charge >= 0.3 is 0 Å². The number of carbonyl (C=O) groups is 1. The lowest BCUT2D eigenvalue weighted by molar-refractivity contribution is -0.129. The van der Waals surface area contributed by atoms with Crippen LogP contribution >= 0.6 is 15.9 Å². The molecule has 1 aliphatic carbocycles. The number of anilines is 1. The molecule has 19 heavy (non-hydrogen) atoms. The minimum Gasteiger partial charge on any atom is -0.378 e. The smallest absolute Gasteiger partial charge is 0.227 e. The molecule has 0 radical (unpaired) electrons. The fourth-order valence-electron chi connectivity index (χ4n) is 2.20. The van der Waals surface area contributed by atoms with E-state index in [1.165, 1.54) is 0 Å². The number of nitriles is 1. The third-order valence-corrected chi connectivity index (χ3v) is 4.21. The van der Waals surface area contributed by atoms with Gasteiger partial charge in [0.15, 0.2) is 0 Å². The number of halogens is 1. The summed E-state index contributed by atoms with van der Waals surface area (Å²) in [4.78, 5) is 12.0. The normalized spacial score (nSPS) is 16.3. The molecule has 1 amide bonds. The van der Waals surface area contributed by atoms with E-state index in [1.807, 2.05) is 0 Å². The van der Waals surface area contributed by atoms with Crippen molar-refractivity contribution in [3.63, 3.8) is 0 Å². The van der Waals surface area contributed by atoms with E-state index in [2.05, 4.69) is 27.3 Å². The van der Waals surface area contributed by atoms with Gasteiger partial charge in [-0.2, -0.15) is 5.26 Å². The lowest BCUT2D eigenvalue weighted by atomic mass is 9.77. The second-order valence-electron chi connectivity index (χ2n) is 4.77. The molecule has 5 heteroatoms. The quantitative estimate of drug-likeness (QED) is 0.925. The fraction of sp³-hybridized carbons (Fsp3) is 0.429. The van der Waals surface area contributed by atoms with Gasteiger partial charge in [-0.1, -0.05) is 0 Å². The van der Waals surface area contributed by atoms with Crippen molar-refractivity contribution < 1.29 is 9.53 Å². The van der Waals surface area contributed by atoms with Crippen LogP contribution in [-0.2, 0) is 9.53 Å². The molecule has 1 N–H and O–H groups in total. The van der Waals surface area contributed by atoms with E-state index in [1.54, 1.807) is 25.3 Å². The van der Waals surface area contributed by atoms with Gasteiger partial charge in [-0.15, -0.1) is 0 Å². The summed E-state index contributed by atoms with van der Waals surface area (Å²) in [6, 6.07) is 7.14. The Balaban J connectivity index is 2.01. The molecule has 0 aromatic heterocycles. The van der Waals surface area contributed by atoms with E-state index >= 15 is 0 Å². The molecule has 0 bridgehead atoms. The summed E-state index contributed by atoms with van der Waals surface area (Å²) in [5.41, 5.74) is 0.954. The van der Waals surface area contributed by atoms with Gasteiger partial charge in [0.1, 0.15) is 0 Å². The van der Waals surface area contributed by atoms with Crippen molar-refractivity contribution in [1.82, 2.24) is 0 Å². The molecule has 0 spiro atoms. The maximum Gasteiger partial charge on any atom is 0.227 e. The molecule has 1 aromatic carbocycles. The Kier molecular flexibility index (Phi) is 4.23. The topological polar surface area (TPSA) is 62.1 Å². The summed E-state index contributed by atoms with van der Waals surface area (Å²) in [7, 11) is 1.66. The van der Waals surface area contributed by atoms with Crippen LogP contribution in [0.3, 0.4) is 0 Å². The van der Waals surface area contributed by atoms with Crippen LogP contribution < -0.4 is 5.32 Å². The highest BCUT2D eigenvalue weighted by atomic mass is 79.9. The van der Waals surface area contributed by atoms with Crippen molar-refractivity contribution in [2.24, 2.45) is 0 Å². The largest absolute Gasteiger partial charge is 0.378 e. The standard InChI is InChI=1S/C14H15BrN2O2/c1-19-14(5-2-6-14)8-13(18)17-12-4-3-10(9-16)7-11(12)15/h3-4,7H,2,5-6,8H2,1H3,(H,17,18). The molecular formula is C14H15BrN2O2. The summed E-state index contributed by atoms with van der Waals surface area (Å²) < 4.78 is 6.14. The first-order chi connectivity index (χ1) is 9.08. The number of hydrogen-bond acceptors (Lipinski definition) is 3. The summed E-state index contributed by atoms with van der Waals surface area (Å²) in [5.74, 6) is -0.0630. The molecule has 2 rings (SSSR count). The van der Waals surface area contributed by atoms with Crippen LogP contribution in [0.15, 0.2) is 22.7 Å². The van der Waals surface area contributed by atoms with E-state index in [0.29, 0.717) is 22.1 Å². The second kappa shape index (κ2) is 5.72. The van der Waals surface area contributed by atoms with E-state index in [-0.39, 0.29) is 11.5 Å². The summed E-state index contributed by atoms with van der Waals surface area (Å²) >= 11 is 3.35. The van der Waals surface area contributed by atoms with Crippen LogP contribution in [0, 0.1) is 11.3 Å². The Hall–Kier alpha value is -1.38. The number of rotatable bonds is 4. The van der Waals surface area contributed by atoms with Crippen molar-refractivity contribution in [3.05, 3.63) is 28.2 Å². The van der Waals surface area contributed by atoms with Crippen LogP contribution in [0.1, 0.15) is 31.2 Å². The van der Waals surface area contributed by atoms with Gasteiger partial charge in [-0.25, -0.2) is 0 Å². The highest BCUT2D eigenvalue weighted by Crippen LogP contribution is 2.38. The monoisotopic (exact) mass is 322 g/mol. The number of benzene rings is 1. The molecule has 0 heterocycles. The Labute approximate surface area is 120 Å². The third-order valence-electron chi connectivity index (χ3n) is 3.55. The highest BCUT2D eigenvalue weighted by Gasteiger charge is 2.39.